The predicted molar refractivity (Wildman–Crippen MR) is 120 cm³/mol. The minimum Gasteiger partial charge on any atom is -0.431 e. The van der Waals surface area contributed by atoms with Crippen molar-refractivity contribution in [3.63, 3.8) is 0 Å². The second kappa shape index (κ2) is 7.43. The van der Waals surface area contributed by atoms with Gasteiger partial charge in [-0.1, -0.05) is 32.3 Å². The third-order valence-electron chi connectivity index (χ3n) is 10.1. The Balaban J connectivity index is 1.49. The number of hydrogen-bond donors (Lipinski definition) is 1. The van der Waals surface area contributed by atoms with E-state index in [9.17, 15) is 14.7 Å². The van der Waals surface area contributed by atoms with Crippen molar-refractivity contribution in [1.29, 1.82) is 0 Å². The van der Waals surface area contributed by atoms with Crippen molar-refractivity contribution in [2.45, 2.75) is 90.1 Å². The van der Waals surface area contributed by atoms with Crippen LogP contribution in [0.5, 0.6) is 0 Å². The van der Waals surface area contributed by atoms with Gasteiger partial charge in [0.25, 0.3) is 0 Å². The first kappa shape index (κ1) is 21.2. The molecule has 4 heteroatoms. The highest BCUT2D eigenvalue weighted by Gasteiger charge is 2.63. The molecule has 3 fully saturated rings. The van der Waals surface area contributed by atoms with Crippen LogP contribution in [-0.4, -0.2) is 16.5 Å². The van der Waals surface area contributed by atoms with Gasteiger partial charge in [-0.25, -0.2) is 4.79 Å². The van der Waals surface area contributed by atoms with Gasteiger partial charge >= 0.3 is 5.63 Å². The van der Waals surface area contributed by atoms with E-state index in [0.717, 1.165) is 69.8 Å². The van der Waals surface area contributed by atoms with Crippen LogP contribution < -0.4 is 5.63 Å². The first-order valence-corrected chi connectivity index (χ1v) is 12.3. The summed E-state index contributed by atoms with van der Waals surface area (Å²) in [4.78, 5) is 23.5. The van der Waals surface area contributed by atoms with E-state index in [2.05, 4.69) is 13.8 Å². The van der Waals surface area contributed by atoms with Gasteiger partial charge < -0.3 is 9.52 Å². The summed E-state index contributed by atoms with van der Waals surface area (Å²) in [6.45, 7) is 4.71. The number of hydrogen-bond acceptors (Lipinski definition) is 4. The molecule has 168 valence electrons. The van der Waals surface area contributed by atoms with Gasteiger partial charge in [0.15, 0.2) is 5.78 Å². The highest BCUT2D eigenvalue weighted by molar-refractivity contribution is 5.91. The molecule has 6 atom stereocenters. The van der Waals surface area contributed by atoms with Crippen molar-refractivity contribution in [2.75, 3.05) is 0 Å². The van der Waals surface area contributed by atoms with E-state index in [1.165, 1.54) is 11.6 Å². The van der Waals surface area contributed by atoms with Gasteiger partial charge in [-0.3, -0.25) is 4.79 Å². The van der Waals surface area contributed by atoms with Crippen LogP contribution >= 0.6 is 0 Å². The van der Waals surface area contributed by atoms with Crippen LogP contribution in [0, 0.1) is 28.6 Å². The van der Waals surface area contributed by atoms with Crippen molar-refractivity contribution in [3.05, 3.63) is 46.0 Å². The fraction of sp³-hybridized carbons (Fsp3) is 0.704. The minimum atomic E-state index is -0.664. The normalized spacial score (nSPS) is 42.6. The van der Waals surface area contributed by atoms with Crippen LogP contribution in [0.3, 0.4) is 0 Å². The largest absolute Gasteiger partial charge is 0.431 e. The predicted octanol–water partition coefficient (Wildman–Crippen LogP) is 5.23. The standard InChI is InChI=1S/C27H36O4/c1-25-13-10-21(28)16-19(25)7-8-23-22(25)11-14-26(2)20(5-3-4-12-27(23,26)30)15-18-6-9-24(29)31-17-18/h6,9,16-17,20,22-23,30H,3-5,7-8,10-15H2,1-2H3. The zero-order chi connectivity index (χ0) is 21.9. The van der Waals surface area contributed by atoms with E-state index in [-0.39, 0.29) is 22.2 Å². The number of fused-ring (bicyclic) bond motifs is 5. The van der Waals surface area contributed by atoms with E-state index in [1.54, 1.807) is 6.26 Å². The monoisotopic (exact) mass is 424 g/mol. The van der Waals surface area contributed by atoms with Crippen molar-refractivity contribution < 1.29 is 14.3 Å². The minimum absolute atomic E-state index is 0.0680. The fourth-order valence-electron chi connectivity index (χ4n) is 8.15. The Morgan fingerprint density at radius 3 is 2.61 bits per heavy atom. The molecule has 0 spiro atoms. The van der Waals surface area contributed by atoms with Gasteiger partial charge in [0.05, 0.1) is 11.9 Å². The SMILES string of the molecule is CC12CCC(=O)C=C1CCC1C2CCC2(C)C(Cc3ccc(=O)oc3)CCCCC12O. The summed E-state index contributed by atoms with van der Waals surface area (Å²) < 4.78 is 5.14. The maximum atomic E-state index is 12.5. The lowest BCUT2D eigenvalue weighted by atomic mass is 9.43. The Labute approximate surface area is 185 Å². The van der Waals surface area contributed by atoms with Crippen LogP contribution in [0.15, 0.2) is 39.3 Å². The third-order valence-corrected chi connectivity index (χ3v) is 10.1. The van der Waals surface area contributed by atoms with Crippen molar-refractivity contribution in [2.24, 2.45) is 28.6 Å². The van der Waals surface area contributed by atoms with E-state index in [4.69, 9.17) is 4.42 Å². The molecule has 1 aromatic heterocycles. The molecule has 31 heavy (non-hydrogen) atoms. The number of carbonyl (C=O) groups excluding carboxylic acids is 1. The quantitative estimate of drug-likeness (QED) is 0.706. The van der Waals surface area contributed by atoms with Crippen molar-refractivity contribution in [1.82, 2.24) is 0 Å². The molecule has 0 aliphatic heterocycles. The number of ketones is 1. The zero-order valence-electron chi connectivity index (χ0n) is 19.0. The molecule has 0 saturated heterocycles. The van der Waals surface area contributed by atoms with Gasteiger partial charge in [-0.05, 0) is 97.7 Å². The first-order chi connectivity index (χ1) is 14.8. The molecule has 0 bridgehead atoms. The van der Waals surface area contributed by atoms with Crippen LogP contribution in [0.4, 0.5) is 0 Å². The summed E-state index contributed by atoms with van der Waals surface area (Å²) in [5.74, 6) is 1.43. The topological polar surface area (TPSA) is 67.5 Å². The maximum Gasteiger partial charge on any atom is 0.335 e. The Morgan fingerprint density at radius 2 is 1.84 bits per heavy atom. The molecule has 1 aromatic rings. The number of carbonyl (C=O) groups is 1. The second-order valence-electron chi connectivity index (χ2n) is 11.3. The molecule has 3 saturated carbocycles. The Hall–Kier alpha value is -1.68. The average Bonchev–Trinajstić information content (AvgIpc) is 2.87. The Bertz CT molecular complexity index is 940. The number of aliphatic hydroxyl groups is 1. The van der Waals surface area contributed by atoms with Gasteiger partial charge in [0.1, 0.15) is 0 Å². The summed E-state index contributed by atoms with van der Waals surface area (Å²) in [6.07, 6.45) is 14.3. The molecule has 4 aliphatic rings. The van der Waals surface area contributed by atoms with E-state index in [1.807, 2.05) is 12.1 Å². The molecule has 0 aromatic carbocycles. The molecule has 0 radical (unpaired) electrons. The number of rotatable bonds is 2. The highest BCUT2D eigenvalue weighted by atomic mass is 16.4. The smallest absolute Gasteiger partial charge is 0.335 e. The summed E-state index contributed by atoms with van der Waals surface area (Å²) in [7, 11) is 0. The van der Waals surface area contributed by atoms with E-state index >= 15 is 0 Å². The first-order valence-electron chi connectivity index (χ1n) is 12.3. The second-order valence-corrected chi connectivity index (χ2v) is 11.3. The molecular formula is C27H36O4. The molecule has 6 unspecified atom stereocenters. The van der Waals surface area contributed by atoms with Crippen LogP contribution in [0.1, 0.15) is 83.6 Å². The van der Waals surface area contributed by atoms with Crippen molar-refractivity contribution in [3.8, 4) is 0 Å². The molecule has 0 amide bonds. The maximum absolute atomic E-state index is 12.5. The van der Waals surface area contributed by atoms with E-state index in [0.29, 0.717) is 24.2 Å². The van der Waals surface area contributed by atoms with Gasteiger partial charge in [-0.2, -0.15) is 0 Å². The fourth-order valence-corrected chi connectivity index (χ4v) is 8.15. The highest BCUT2D eigenvalue weighted by Crippen LogP contribution is 2.66. The summed E-state index contributed by atoms with van der Waals surface area (Å²) in [6, 6.07) is 3.40. The zero-order valence-corrected chi connectivity index (χ0v) is 19.0. The number of allylic oxidation sites excluding steroid dienone is 2. The molecule has 5 rings (SSSR count). The molecular weight excluding hydrogens is 388 g/mol. The molecule has 1 heterocycles. The van der Waals surface area contributed by atoms with Gasteiger partial charge in [0.2, 0.25) is 0 Å². The molecule has 1 N–H and O–H groups in total. The van der Waals surface area contributed by atoms with Crippen molar-refractivity contribution >= 4 is 5.78 Å². The summed E-state index contributed by atoms with van der Waals surface area (Å²) in [5.41, 5.74) is 1.37. The van der Waals surface area contributed by atoms with Crippen LogP contribution in [-0.2, 0) is 11.2 Å². The van der Waals surface area contributed by atoms with Gasteiger partial charge in [0, 0.05) is 12.5 Å². The Morgan fingerprint density at radius 1 is 1.00 bits per heavy atom. The van der Waals surface area contributed by atoms with Crippen LogP contribution in [0.2, 0.25) is 0 Å². The summed E-state index contributed by atoms with van der Waals surface area (Å²) >= 11 is 0. The summed E-state index contributed by atoms with van der Waals surface area (Å²) in [5, 5.41) is 12.5. The lowest BCUT2D eigenvalue weighted by molar-refractivity contribution is -0.208. The van der Waals surface area contributed by atoms with Gasteiger partial charge in [-0.15, -0.1) is 0 Å². The third kappa shape index (κ3) is 3.20. The average molecular weight is 425 g/mol. The van der Waals surface area contributed by atoms with Crippen LogP contribution in [0.25, 0.3) is 0 Å². The lowest BCUT2D eigenvalue weighted by Gasteiger charge is -2.64. The molecule has 4 aliphatic carbocycles. The van der Waals surface area contributed by atoms with E-state index < -0.39 is 5.60 Å². The molecule has 4 nitrogen and oxygen atoms in total. The Kier molecular flexibility index (Phi) is 5.08. The lowest BCUT2D eigenvalue weighted by Crippen LogP contribution is -2.63.